The van der Waals surface area contributed by atoms with Gasteiger partial charge in [-0.15, -0.1) is 11.8 Å². The third kappa shape index (κ3) is 3.87. The summed E-state index contributed by atoms with van der Waals surface area (Å²) in [6, 6.07) is 14.2. The van der Waals surface area contributed by atoms with Crippen molar-refractivity contribution in [2.24, 2.45) is 0 Å². The lowest BCUT2D eigenvalue weighted by Gasteiger charge is -2.10. The van der Waals surface area contributed by atoms with Crippen molar-refractivity contribution >= 4 is 23.4 Å². The number of carbonyl (C=O) groups excluding carboxylic acids is 1. The summed E-state index contributed by atoms with van der Waals surface area (Å²) >= 11 is 1.57. The first-order chi connectivity index (χ1) is 9.56. The minimum atomic E-state index is 0.0342. The number of benzene rings is 2. The minimum Gasteiger partial charge on any atom is -0.325 e. The predicted octanol–water partition coefficient (Wildman–Crippen LogP) is 4.34. The van der Waals surface area contributed by atoms with Gasteiger partial charge in [0.05, 0.1) is 5.75 Å². The number of carbonyl (C=O) groups is 1. The molecule has 0 heterocycles. The normalized spacial score (nSPS) is 10.3. The third-order valence-electron chi connectivity index (χ3n) is 3.12. The fourth-order valence-corrected chi connectivity index (χ4v) is 2.75. The highest BCUT2D eigenvalue weighted by atomic mass is 32.2. The largest absolute Gasteiger partial charge is 0.325 e. The number of nitrogens with one attached hydrogen (secondary N) is 1. The van der Waals surface area contributed by atoms with Gasteiger partial charge in [0.1, 0.15) is 0 Å². The van der Waals surface area contributed by atoms with E-state index in [1.807, 2.05) is 50.2 Å². The molecule has 20 heavy (non-hydrogen) atoms. The average Bonchev–Trinajstić information content (AvgIpc) is 2.42. The quantitative estimate of drug-likeness (QED) is 0.847. The highest BCUT2D eigenvalue weighted by Crippen LogP contribution is 2.22. The maximum atomic E-state index is 12.0. The second kappa shape index (κ2) is 6.62. The van der Waals surface area contributed by atoms with E-state index in [0.717, 1.165) is 21.7 Å². The van der Waals surface area contributed by atoms with Crippen molar-refractivity contribution in [3.63, 3.8) is 0 Å². The molecule has 0 fully saturated rings. The van der Waals surface area contributed by atoms with E-state index in [4.69, 9.17) is 0 Å². The van der Waals surface area contributed by atoms with Crippen molar-refractivity contribution in [3.8, 4) is 0 Å². The topological polar surface area (TPSA) is 29.1 Å². The first kappa shape index (κ1) is 14.7. The summed E-state index contributed by atoms with van der Waals surface area (Å²) in [6.07, 6.45) is 0. The van der Waals surface area contributed by atoms with Crippen molar-refractivity contribution in [2.45, 2.75) is 25.7 Å². The average molecular weight is 285 g/mol. The Morgan fingerprint density at radius 1 is 1.05 bits per heavy atom. The van der Waals surface area contributed by atoms with E-state index in [9.17, 15) is 4.79 Å². The fourth-order valence-electron chi connectivity index (χ4n) is 1.92. The molecule has 2 rings (SSSR count). The molecule has 0 aliphatic carbocycles. The van der Waals surface area contributed by atoms with Crippen molar-refractivity contribution < 1.29 is 4.79 Å². The lowest BCUT2D eigenvalue weighted by Crippen LogP contribution is -2.15. The summed E-state index contributed by atoms with van der Waals surface area (Å²) in [5.41, 5.74) is 4.35. The molecular formula is C17H19NOS. The van der Waals surface area contributed by atoms with E-state index < -0.39 is 0 Å². The Balaban J connectivity index is 1.96. The van der Waals surface area contributed by atoms with Crippen LogP contribution >= 0.6 is 11.8 Å². The Bertz CT molecular complexity index is 622. The molecular weight excluding hydrogens is 266 g/mol. The molecule has 0 aromatic heterocycles. The number of rotatable bonds is 4. The molecule has 104 valence electrons. The summed E-state index contributed by atoms with van der Waals surface area (Å²) in [5.74, 6) is 0.463. The van der Waals surface area contributed by atoms with Gasteiger partial charge in [-0.25, -0.2) is 0 Å². The first-order valence-electron chi connectivity index (χ1n) is 6.62. The van der Waals surface area contributed by atoms with Crippen LogP contribution in [0.3, 0.4) is 0 Å². The predicted molar refractivity (Wildman–Crippen MR) is 86.4 cm³/mol. The maximum absolute atomic E-state index is 12.0. The van der Waals surface area contributed by atoms with Crippen LogP contribution in [0.2, 0.25) is 0 Å². The summed E-state index contributed by atoms with van der Waals surface area (Å²) in [4.78, 5) is 13.2. The van der Waals surface area contributed by atoms with Crippen molar-refractivity contribution in [1.82, 2.24) is 0 Å². The maximum Gasteiger partial charge on any atom is 0.234 e. The van der Waals surface area contributed by atoms with Gasteiger partial charge >= 0.3 is 0 Å². The molecule has 1 amide bonds. The third-order valence-corrected chi connectivity index (χ3v) is 4.30. The van der Waals surface area contributed by atoms with Crippen LogP contribution in [0.25, 0.3) is 0 Å². The second-order valence-electron chi connectivity index (χ2n) is 4.92. The van der Waals surface area contributed by atoms with Crippen LogP contribution in [0.1, 0.15) is 16.7 Å². The molecule has 2 nitrogen and oxygen atoms in total. The molecule has 0 bridgehead atoms. The Morgan fingerprint density at radius 3 is 2.55 bits per heavy atom. The van der Waals surface area contributed by atoms with E-state index in [1.165, 1.54) is 5.56 Å². The lowest BCUT2D eigenvalue weighted by atomic mass is 10.1. The van der Waals surface area contributed by atoms with Crippen LogP contribution in [0.15, 0.2) is 47.4 Å². The molecule has 0 atom stereocenters. The zero-order chi connectivity index (χ0) is 14.5. The summed E-state index contributed by atoms with van der Waals surface area (Å²) in [6.45, 7) is 6.09. The molecule has 0 aliphatic heterocycles. The molecule has 1 N–H and O–H groups in total. The highest BCUT2D eigenvalue weighted by Gasteiger charge is 2.07. The van der Waals surface area contributed by atoms with Gasteiger partial charge in [0.2, 0.25) is 5.91 Å². The van der Waals surface area contributed by atoms with Crippen LogP contribution < -0.4 is 5.32 Å². The van der Waals surface area contributed by atoms with Crippen molar-refractivity contribution in [3.05, 3.63) is 59.2 Å². The zero-order valence-corrected chi connectivity index (χ0v) is 12.9. The van der Waals surface area contributed by atoms with Crippen LogP contribution in [0.4, 0.5) is 5.69 Å². The smallest absolute Gasteiger partial charge is 0.234 e. The molecule has 0 aliphatic rings. The number of hydrogen-bond acceptors (Lipinski definition) is 2. The molecule has 0 saturated carbocycles. The van der Waals surface area contributed by atoms with Crippen LogP contribution in [0, 0.1) is 20.8 Å². The Labute approximate surface area is 124 Å². The van der Waals surface area contributed by atoms with Gasteiger partial charge in [-0.3, -0.25) is 4.79 Å². The molecule has 0 unspecified atom stereocenters. The Kier molecular flexibility index (Phi) is 4.85. The van der Waals surface area contributed by atoms with Gasteiger partial charge in [-0.1, -0.05) is 30.3 Å². The second-order valence-corrected chi connectivity index (χ2v) is 5.94. The number of thioether (sulfide) groups is 1. The molecule has 2 aromatic carbocycles. The SMILES string of the molecule is Cc1ccc(C)c(NC(=O)CSc2ccccc2C)c1. The first-order valence-corrected chi connectivity index (χ1v) is 7.60. The van der Waals surface area contributed by atoms with Gasteiger partial charge < -0.3 is 5.32 Å². The van der Waals surface area contributed by atoms with Crippen LogP contribution in [-0.4, -0.2) is 11.7 Å². The standard InChI is InChI=1S/C17H19NOS/c1-12-8-9-13(2)15(10-12)18-17(19)11-20-16-7-5-4-6-14(16)3/h4-10H,11H2,1-3H3,(H,18,19). The van der Waals surface area contributed by atoms with E-state index in [2.05, 4.69) is 18.3 Å². The number of hydrogen-bond donors (Lipinski definition) is 1. The molecule has 0 spiro atoms. The minimum absolute atomic E-state index is 0.0342. The highest BCUT2D eigenvalue weighted by molar-refractivity contribution is 8.00. The van der Waals surface area contributed by atoms with E-state index in [0.29, 0.717) is 5.75 Å². The molecule has 0 radical (unpaired) electrons. The van der Waals surface area contributed by atoms with Gasteiger partial charge in [0, 0.05) is 10.6 Å². The van der Waals surface area contributed by atoms with Gasteiger partial charge in [-0.05, 0) is 49.6 Å². The van der Waals surface area contributed by atoms with Gasteiger partial charge in [0.25, 0.3) is 0 Å². The van der Waals surface area contributed by atoms with E-state index >= 15 is 0 Å². The number of aryl methyl sites for hydroxylation is 3. The van der Waals surface area contributed by atoms with Gasteiger partial charge in [0.15, 0.2) is 0 Å². The number of anilines is 1. The van der Waals surface area contributed by atoms with Crippen LogP contribution in [-0.2, 0) is 4.79 Å². The van der Waals surface area contributed by atoms with Crippen molar-refractivity contribution in [2.75, 3.05) is 11.1 Å². The van der Waals surface area contributed by atoms with E-state index in [1.54, 1.807) is 11.8 Å². The summed E-state index contributed by atoms with van der Waals surface area (Å²) in [7, 11) is 0. The molecule has 2 aromatic rings. The lowest BCUT2D eigenvalue weighted by molar-refractivity contribution is -0.113. The van der Waals surface area contributed by atoms with Crippen LogP contribution in [0.5, 0.6) is 0 Å². The zero-order valence-electron chi connectivity index (χ0n) is 12.1. The van der Waals surface area contributed by atoms with E-state index in [-0.39, 0.29) is 5.91 Å². The Morgan fingerprint density at radius 2 is 1.80 bits per heavy atom. The van der Waals surface area contributed by atoms with Gasteiger partial charge in [-0.2, -0.15) is 0 Å². The molecule has 3 heteroatoms. The number of amides is 1. The molecule has 0 saturated heterocycles. The van der Waals surface area contributed by atoms with Crippen molar-refractivity contribution in [1.29, 1.82) is 0 Å². The summed E-state index contributed by atoms with van der Waals surface area (Å²) < 4.78 is 0. The monoisotopic (exact) mass is 285 g/mol. The fraction of sp³-hybridized carbons (Fsp3) is 0.235. The Hall–Kier alpha value is -1.74. The summed E-state index contributed by atoms with van der Waals surface area (Å²) in [5, 5.41) is 2.98.